The third-order valence-corrected chi connectivity index (χ3v) is 4.89. The van der Waals surface area contributed by atoms with E-state index < -0.39 is 0 Å². The molecule has 1 aromatic carbocycles. The molecule has 0 heterocycles. The summed E-state index contributed by atoms with van der Waals surface area (Å²) in [5.41, 5.74) is 6.44. The predicted octanol–water partition coefficient (Wildman–Crippen LogP) is 3.10. The van der Waals surface area contributed by atoms with Crippen LogP contribution in [0.1, 0.15) is 19.3 Å². The number of hydrogen-bond donors (Lipinski definition) is 2. The first kappa shape index (κ1) is 16.7. The SMILES string of the molecule is CN(CC(=O)Nc1ccc(Br)cc1Cl)C1CCCC1CN. The zero-order valence-electron chi connectivity index (χ0n) is 12.1. The van der Waals surface area contributed by atoms with Gasteiger partial charge in [-0.05, 0) is 50.6 Å². The van der Waals surface area contributed by atoms with Gasteiger partial charge < -0.3 is 11.1 Å². The van der Waals surface area contributed by atoms with Crippen molar-refractivity contribution in [1.82, 2.24) is 4.90 Å². The molecular weight excluding hydrogens is 354 g/mol. The molecule has 1 aliphatic carbocycles. The van der Waals surface area contributed by atoms with Crippen LogP contribution in [0.5, 0.6) is 0 Å². The minimum atomic E-state index is -0.0515. The minimum Gasteiger partial charge on any atom is -0.330 e. The lowest BCUT2D eigenvalue weighted by Crippen LogP contribution is -2.41. The van der Waals surface area contributed by atoms with E-state index in [1.54, 1.807) is 12.1 Å². The molecular formula is C15H21BrClN3O. The molecule has 21 heavy (non-hydrogen) atoms. The van der Waals surface area contributed by atoms with Crippen LogP contribution in [-0.2, 0) is 4.79 Å². The highest BCUT2D eigenvalue weighted by Crippen LogP contribution is 2.29. The van der Waals surface area contributed by atoms with E-state index >= 15 is 0 Å². The molecule has 0 aromatic heterocycles. The van der Waals surface area contributed by atoms with Crippen molar-refractivity contribution in [3.8, 4) is 0 Å². The van der Waals surface area contributed by atoms with Gasteiger partial charge in [0, 0.05) is 10.5 Å². The quantitative estimate of drug-likeness (QED) is 0.832. The normalized spacial score (nSPS) is 21.8. The Hall–Kier alpha value is -0.620. The molecule has 1 amide bonds. The van der Waals surface area contributed by atoms with Crippen molar-refractivity contribution in [3.63, 3.8) is 0 Å². The van der Waals surface area contributed by atoms with Crippen molar-refractivity contribution < 1.29 is 4.79 Å². The first-order valence-corrected chi connectivity index (χ1v) is 8.33. The van der Waals surface area contributed by atoms with E-state index in [1.165, 1.54) is 6.42 Å². The zero-order chi connectivity index (χ0) is 15.4. The van der Waals surface area contributed by atoms with E-state index in [4.69, 9.17) is 17.3 Å². The smallest absolute Gasteiger partial charge is 0.238 e. The summed E-state index contributed by atoms with van der Waals surface area (Å²) in [7, 11) is 1.99. The Balaban J connectivity index is 1.92. The summed E-state index contributed by atoms with van der Waals surface area (Å²) >= 11 is 9.45. The Labute approximate surface area is 139 Å². The fourth-order valence-electron chi connectivity index (χ4n) is 3.00. The number of nitrogens with two attached hydrogens (primary N) is 1. The van der Waals surface area contributed by atoms with Crippen LogP contribution < -0.4 is 11.1 Å². The molecule has 2 unspecified atom stereocenters. The molecule has 0 bridgehead atoms. The summed E-state index contributed by atoms with van der Waals surface area (Å²) in [6.45, 7) is 1.04. The predicted molar refractivity (Wildman–Crippen MR) is 90.6 cm³/mol. The van der Waals surface area contributed by atoms with Gasteiger partial charge >= 0.3 is 0 Å². The summed E-state index contributed by atoms with van der Waals surface area (Å²) in [6, 6.07) is 5.82. The molecule has 2 atom stereocenters. The first-order chi connectivity index (χ1) is 10.0. The number of amides is 1. The molecule has 1 saturated carbocycles. The van der Waals surface area contributed by atoms with Crippen LogP contribution in [0.2, 0.25) is 5.02 Å². The number of benzene rings is 1. The fourth-order valence-corrected chi connectivity index (χ4v) is 3.72. The number of halogens is 2. The van der Waals surface area contributed by atoms with Crippen LogP contribution in [0.3, 0.4) is 0 Å². The Kier molecular flexibility index (Phi) is 6.05. The van der Waals surface area contributed by atoms with Gasteiger partial charge in [0.1, 0.15) is 0 Å². The zero-order valence-corrected chi connectivity index (χ0v) is 14.5. The summed E-state index contributed by atoms with van der Waals surface area (Å²) in [4.78, 5) is 14.3. The second kappa shape index (κ2) is 7.58. The highest BCUT2D eigenvalue weighted by atomic mass is 79.9. The van der Waals surface area contributed by atoms with Gasteiger partial charge in [0.2, 0.25) is 5.91 Å². The number of rotatable bonds is 5. The van der Waals surface area contributed by atoms with Crippen LogP contribution in [-0.4, -0.2) is 37.0 Å². The Morgan fingerprint density at radius 3 is 2.95 bits per heavy atom. The number of nitrogens with zero attached hydrogens (tertiary/aromatic N) is 1. The molecule has 0 aliphatic heterocycles. The number of carbonyl (C=O) groups excluding carboxylic acids is 1. The molecule has 4 nitrogen and oxygen atoms in total. The van der Waals surface area contributed by atoms with Crippen molar-refractivity contribution in [2.45, 2.75) is 25.3 Å². The maximum Gasteiger partial charge on any atom is 0.238 e. The van der Waals surface area contributed by atoms with Gasteiger partial charge in [0.25, 0.3) is 0 Å². The maximum atomic E-state index is 12.2. The van der Waals surface area contributed by atoms with Gasteiger partial charge in [-0.3, -0.25) is 9.69 Å². The lowest BCUT2D eigenvalue weighted by atomic mass is 10.0. The number of carbonyl (C=O) groups is 1. The van der Waals surface area contributed by atoms with E-state index in [0.717, 1.165) is 17.3 Å². The van der Waals surface area contributed by atoms with Gasteiger partial charge in [-0.25, -0.2) is 0 Å². The van der Waals surface area contributed by atoms with Gasteiger partial charge in [0.15, 0.2) is 0 Å². The highest BCUT2D eigenvalue weighted by Gasteiger charge is 2.30. The molecule has 1 fully saturated rings. The first-order valence-electron chi connectivity index (χ1n) is 7.16. The Bertz CT molecular complexity index is 512. The van der Waals surface area contributed by atoms with Crippen molar-refractivity contribution in [1.29, 1.82) is 0 Å². The van der Waals surface area contributed by atoms with Crippen LogP contribution in [0, 0.1) is 5.92 Å². The Morgan fingerprint density at radius 2 is 2.29 bits per heavy atom. The second-order valence-corrected chi connectivity index (χ2v) is 6.90. The topological polar surface area (TPSA) is 58.4 Å². The second-order valence-electron chi connectivity index (χ2n) is 5.58. The van der Waals surface area contributed by atoms with Crippen LogP contribution >= 0.6 is 27.5 Å². The standard InChI is InChI=1S/C15H21BrClN3O/c1-20(14-4-2-3-10(14)8-18)9-15(21)19-13-6-5-11(16)7-12(13)17/h5-7,10,14H,2-4,8-9,18H2,1H3,(H,19,21). The largest absolute Gasteiger partial charge is 0.330 e. The number of likely N-dealkylation sites (N-methyl/N-ethyl adjacent to an activating group) is 1. The van der Waals surface area contributed by atoms with Gasteiger partial charge in [-0.2, -0.15) is 0 Å². The molecule has 6 heteroatoms. The molecule has 116 valence electrons. The van der Waals surface area contributed by atoms with E-state index in [1.807, 2.05) is 13.1 Å². The van der Waals surface area contributed by atoms with Gasteiger partial charge in [-0.1, -0.05) is 34.0 Å². The van der Waals surface area contributed by atoms with Crippen LogP contribution in [0.15, 0.2) is 22.7 Å². The fraction of sp³-hybridized carbons (Fsp3) is 0.533. The third kappa shape index (κ3) is 4.42. The van der Waals surface area contributed by atoms with E-state index in [2.05, 4.69) is 26.1 Å². The number of hydrogen-bond acceptors (Lipinski definition) is 3. The number of anilines is 1. The van der Waals surface area contributed by atoms with Crippen molar-refractivity contribution in [2.75, 3.05) is 25.5 Å². The lowest BCUT2D eigenvalue weighted by Gasteiger charge is -2.28. The molecule has 0 spiro atoms. The summed E-state index contributed by atoms with van der Waals surface area (Å²) in [6.07, 6.45) is 3.47. The molecule has 1 aliphatic rings. The average molecular weight is 375 g/mol. The summed E-state index contributed by atoms with van der Waals surface area (Å²) < 4.78 is 0.888. The summed E-state index contributed by atoms with van der Waals surface area (Å²) in [5, 5.41) is 3.39. The third-order valence-electron chi connectivity index (χ3n) is 4.09. The van der Waals surface area contributed by atoms with Gasteiger partial charge in [-0.15, -0.1) is 0 Å². The van der Waals surface area contributed by atoms with E-state index in [9.17, 15) is 4.79 Å². The van der Waals surface area contributed by atoms with E-state index in [0.29, 0.717) is 35.8 Å². The van der Waals surface area contributed by atoms with Crippen molar-refractivity contribution >= 4 is 39.1 Å². The molecule has 2 rings (SSSR count). The molecule has 1 aromatic rings. The highest BCUT2D eigenvalue weighted by molar-refractivity contribution is 9.10. The molecule has 0 saturated heterocycles. The average Bonchev–Trinajstić information content (AvgIpc) is 2.90. The minimum absolute atomic E-state index is 0.0515. The number of nitrogens with one attached hydrogen (secondary N) is 1. The van der Waals surface area contributed by atoms with Crippen LogP contribution in [0.25, 0.3) is 0 Å². The van der Waals surface area contributed by atoms with E-state index in [-0.39, 0.29) is 5.91 Å². The summed E-state index contributed by atoms with van der Waals surface area (Å²) in [5.74, 6) is 0.448. The van der Waals surface area contributed by atoms with Crippen LogP contribution in [0.4, 0.5) is 5.69 Å². The van der Waals surface area contributed by atoms with Crippen molar-refractivity contribution in [3.05, 3.63) is 27.7 Å². The molecule has 3 N–H and O–H groups in total. The Morgan fingerprint density at radius 1 is 1.52 bits per heavy atom. The molecule has 0 radical (unpaired) electrons. The lowest BCUT2D eigenvalue weighted by molar-refractivity contribution is -0.117. The van der Waals surface area contributed by atoms with Gasteiger partial charge in [0.05, 0.1) is 17.3 Å². The van der Waals surface area contributed by atoms with Crippen molar-refractivity contribution in [2.24, 2.45) is 11.7 Å². The maximum absolute atomic E-state index is 12.2. The monoisotopic (exact) mass is 373 g/mol.